The van der Waals surface area contributed by atoms with Crippen LogP contribution in [0.5, 0.6) is 17.5 Å². The topological polar surface area (TPSA) is 188 Å². The van der Waals surface area contributed by atoms with E-state index in [9.17, 15) is 14.8 Å². The van der Waals surface area contributed by atoms with Gasteiger partial charge < -0.3 is 34.7 Å². The standard InChI is InChI=1S/C27H29N6O8P/c1-16(26(35)39-13-17-8-4-3-5-9-17)32-42(36)41-21-11-7-6-10-20(21)38-14-18-12-19(34)25(40-18)33-15-29-22-23(28)30-27(37-2)31-24(22)33/h3-11,15-16,18-19,25,34H,12-14H2,1-2H3,(H2,28,30,31)/t16-,18-,19+,25+/m0/s1. The molecular weight excluding hydrogens is 567 g/mol. The van der Waals surface area contributed by atoms with Crippen LogP contribution in [0.25, 0.3) is 11.2 Å². The Balaban J connectivity index is 1.19. The van der Waals surface area contributed by atoms with Crippen molar-refractivity contribution in [1.29, 1.82) is 0 Å². The highest BCUT2D eigenvalue weighted by Crippen LogP contribution is 2.36. The van der Waals surface area contributed by atoms with Gasteiger partial charge in [-0.05, 0) is 24.6 Å². The number of carbonyl (C=O) groups is 1. The summed E-state index contributed by atoms with van der Waals surface area (Å²) in [7, 11) is -1.19. The molecule has 14 nitrogen and oxygen atoms in total. The van der Waals surface area contributed by atoms with E-state index in [1.54, 1.807) is 28.8 Å². The molecule has 3 heterocycles. The molecule has 15 heteroatoms. The monoisotopic (exact) mass is 596 g/mol. The average molecular weight is 597 g/mol. The number of anilines is 1. The lowest BCUT2D eigenvalue weighted by molar-refractivity contribution is -0.169. The SMILES string of the molecule is COc1nc(N)c2ncn([C@@H]3O[C@H](COc4ccccc4O[P+]([O-])=N[C@@H](C)C(=O)OCc4ccccc4)C[C@H]3O)c2n1. The summed E-state index contributed by atoms with van der Waals surface area (Å²) >= 11 is 0. The zero-order valence-corrected chi connectivity index (χ0v) is 23.7. The van der Waals surface area contributed by atoms with Gasteiger partial charge >= 0.3 is 20.1 Å². The number of hydrogen-bond acceptors (Lipinski definition) is 13. The first kappa shape index (κ1) is 29.1. The Morgan fingerprint density at radius 2 is 1.95 bits per heavy atom. The maximum atomic E-state index is 12.6. The number of para-hydroxylation sites is 2. The molecule has 1 fully saturated rings. The van der Waals surface area contributed by atoms with E-state index >= 15 is 0 Å². The number of aliphatic hydroxyl groups excluding tert-OH is 1. The van der Waals surface area contributed by atoms with Crippen molar-refractivity contribution in [2.45, 2.75) is 44.4 Å². The van der Waals surface area contributed by atoms with Crippen molar-refractivity contribution in [2.24, 2.45) is 4.74 Å². The lowest BCUT2D eigenvalue weighted by Gasteiger charge is -2.17. The second-order valence-corrected chi connectivity index (χ2v) is 10.2. The van der Waals surface area contributed by atoms with Gasteiger partial charge in [0.05, 0.1) is 19.5 Å². The molecular formula is C27H29N6O8P. The predicted molar refractivity (Wildman–Crippen MR) is 148 cm³/mol. The summed E-state index contributed by atoms with van der Waals surface area (Å²) in [5.41, 5.74) is 7.49. The molecule has 0 bridgehead atoms. The fourth-order valence-corrected chi connectivity index (χ4v) is 5.00. The Hall–Kier alpha value is -4.36. The first-order chi connectivity index (χ1) is 20.3. The number of nitrogens with two attached hydrogens (primary N) is 1. The first-order valence-electron chi connectivity index (χ1n) is 13.0. The van der Waals surface area contributed by atoms with Gasteiger partial charge in [-0.2, -0.15) is 9.97 Å². The van der Waals surface area contributed by atoms with E-state index < -0.39 is 38.6 Å². The van der Waals surface area contributed by atoms with Crippen molar-refractivity contribution in [3.05, 3.63) is 66.5 Å². The number of ether oxygens (including phenoxy) is 4. The van der Waals surface area contributed by atoms with Crippen molar-refractivity contribution in [3.8, 4) is 17.5 Å². The van der Waals surface area contributed by atoms with Gasteiger partial charge in [0.15, 0.2) is 35.0 Å². The quantitative estimate of drug-likeness (QED) is 0.190. The largest absolute Gasteiger partial charge is 0.575 e. The minimum Gasteiger partial charge on any atom is -0.575 e. The van der Waals surface area contributed by atoms with Crippen molar-refractivity contribution >= 4 is 31.1 Å². The van der Waals surface area contributed by atoms with Crippen LogP contribution < -0.4 is 24.6 Å². The highest BCUT2D eigenvalue weighted by Gasteiger charge is 2.37. The molecule has 2 aromatic heterocycles. The lowest BCUT2D eigenvalue weighted by atomic mass is 10.2. The highest BCUT2D eigenvalue weighted by atomic mass is 31.1. The number of esters is 1. The lowest BCUT2D eigenvalue weighted by Crippen LogP contribution is -2.20. The second-order valence-electron chi connectivity index (χ2n) is 9.34. The van der Waals surface area contributed by atoms with Crippen LogP contribution >= 0.6 is 8.17 Å². The molecule has 0 spiro atoms. The Morgan fingerprint density at radius 1 is 1.21 bits per heavy atom. The third-order valence-electron chi connectivity index (χ3n) is 6.33. The number of imidazole rings is 1. The van der Waals surface area contributed by atoms with E-state index in [2.05, 4.69) is 19.7 Å². The molecule has 1 saturated heterocycles. The van der Waals surface area contributed by atoms with Crippen LogP contribution in [-0.2, 0) is 20.9 Å². The van der Waals surface area contributed by atoms with E-state index in [0.29, 0.717) is 11.2 Å². The van der Waals surface area contributed by atoms with Gasteiger partial charge in [0.25, 0.3) is 0 Å². The summed E-state index contributed by atoms with van der Waals surface area (Å²) in [6, 6.07) is 14.9. The number of rotatable bonds is 11. The van der Waals surface area contributed by atoms with Gasteiger partial charge in [-0.25, -0.2) is 9.78 Å². The molecule has 0 amide bonds. The van der Waals surface area contributed by atoms with Crippen LogP contribution in [-0.4, -0.2) is 62.6 Å². The smallest absolute Gasteiger partial charge is 0.395 e. The van der Waals surface area contributed by atoms with Gasteiger partial charge in [-0.3, -0.25) is 9.09 Å². The minimum absolute atomic E-state index is 0.0527. The van der Waals surface area contributed by atoms with E-state index in [1.807, 2.05) is 30.3 Å². The molecule has 1 aliphatic rings. The molecule has 220 valence electrons. The van der Waals surface area contributed by atoms with Gasteiger partial charge in [0.2, 0.25) is 5.75 Å². The summed E-state index contributed by atoms with van der Waals surface area (Å²) in [5, 5.41) is 10.7. The van der Waals surface area contributed by atoms with Crippen LogP contribution in [0.2, 0.25) is 0 Å². The molecule has 4 aromatic rings. The molecule has 1 aliphatic heterocycles. The van der Waals surface area contributed by atoms with Crippen LogP contribution in [0.15, 0.2) is 65.7 Å². The maximum absolute atomic E-state index is 12.6. The first-order valence-corrected chi connectivity index (χ1v) is 14.1. The molecule has 1 unspecified atom stereocenters. The zero-order chi connectivity index (χ0) is 29.6. The van der Waals surface area contributed by atoms with Crippen LogP contribution in [0.4, 0.5) is 5.82 Å². The van der Waals surface area contributed by atoms with Gasteiger partial charge in [0, 0.05) is 6.42 Å². The van der Waals surface area contributed by atoms with Crippen molar-refractivity contribution in [2.75, 3.05) is 19.5 Å². The van der Waals surface area contributed by atoms with Crippen molar-refractivity contribution < 1.29 is 38.3 Å². The number of fused-ring (bicyclic) bond motifs is 1. The second kappa shape index (κ2) is 13.1. The van der Waals surface area contributed by atoms with E-state index in [1.165, 1.54) is 20.4 Å². The van der Waals surface area contributed by atoms with Gasteiger partial charge in [-0.1, -0.05) is 47.2 Å². The Bertz CT molecular complexity index is 1570. The number of benzene rings is 2. The Kier molecular flexibility index (Phi) is 9.08. The van der Waals surface area contributed by atoms with E-state index in [-0.39, 0.29) is 43.0 Å². The normalized spacial score (nSPS) is 19.4. The fraction of sp³-hybridized carbons (Fsp3) is 0.333. The number of nitrogens with zero attached hydrogens (tertiary/aromatic N) is 5. The molecule has 5 rings (SSSR count). The van der Waals surface area contributed by atoms with E-state index in [4.69, 9.17) is 29.2 Å². The highest BCUT2D eigenvalue weighted by molar-refractivity contribution is 7.34. The van der Waals surface area contributed by atoms with Crippen LogP contribution in [0.1, 0.15) is 25.1 Å². The number of hydrogen-bond donors (Lipinski definition) is 2. The molecule has 0 radical (unpaired) electrons. The van der Waals surface area contributed by atoms with Gasteiger partial charge in [0.1, 0.15) is 19.3 Å². The van der Waals surface area contributed by atoms with Crippen molar-refractivity contribution in [1.82, 2.24) is 19.5 Å². The number of aliphatic hydroxyl groups is 1. The summed E-state index contributed by atoms with van der Waals surface area (Å²) in [6.45, 7) is 1.61. The minimum atomic E-state index is -2.61. The average Bonchev–Trinajstić information content (AvgIpc) is 3.58. The number of carbonyl (C=O) groups excluding carboxylic acids is 1. The number of aromatic nitrogens is 4. The molecule has 5 atom stereocenters. The molecule has 0 aliphatic carbocycles. The third-order valence-corrected chi connectivity index (χ3v) is 7.22. The van der Waals surface area contributed by atoms with E-state index in [0.717, 1.165) is 5.56 Å². The van der Waals surface area contributed by atoms with Crippen LogP contribution in [0, 0.1) is 0 Å². The summed E-state index contributed by atoms with van der Waals surface area (Å²) in [4.78, 5) is 37.4. The molecule has 42 heavy (non-hydrogen) atoms. The summed E-state index contributed by atoms with van der Waals surface area (Å²) < 4.78 is 33.3. The molecule has 0 saturated carbocycles. The Morgan fingerprint density at radius 3 is 2.71 bits per heavy atom. The van der Waals surface area contributed by atoms with Gasteiger partial charge in [-0.15, -0.1) is 0 Å². The summed E-state index contributed by atoms with van der Waals surface area (Å²) in [5.74, 6) is -0.0272. The Labute approximate surface area is 241 Å². The molecule has 3 N–H and O–H groups in total. The zero-order valence-electron chi connectivity index (χ0n) is 22.8. The number of methoxy groups -OCH3 is 1. The van der Waals surface area contributed by atoms with Crippen LogP contribution in [0.3, 0.4) is 0 Å². The summed E-state index contributed by atoms with van der Waals surface area (Å²) in [6.07, 6.45) is -0.466. The van der Waals surface area contributed by atoms with Crippen molar-refractivity contribution in [3.63, 3.8) is 0 Å². The fourth-order valence-electron chi connectivity index (χ4n) is 4.26. The maximum Gasteiger partial charge on any atom is 0.395 e. The molecule has 2 aromatic carbocycles. The predicted octanol–water partition coefficient (Wildman–Crippen LogP) is 2.51. The third kappa shape index (κ3) is 6.74. The number of nitrogen functional groups attached to an aromatic ring is 1.